The van der Waals surface area contributed by atoms with Crippen molar-refractivity contribution >= 4 is 16.9 Å². The maximum absolute atomic E-state index is 14.7. The van der Waals surface area contributed by atoms with E-state index in [2.05, 4.69) is 36.3 Å². The summed E-state index contributed by atoms with van der Waals surface area (Å²) in [4.78, 5) is 14.8. The molecule has 4 heterocycles. The van der Waals surface area contributed by atoms with Gasteiger partial charge in [0.1, 0.15) is 17.0 Å². The Morgan fingerprint density at radius 1 is 1.29 bits per heavy atom. The highest BCUT2D eigenvalue weighted by molar-refractivity contribution is 5.95. The van der Waals surface area contributed by atoms with Crippen molar-refractivity contribution < 1.29 is 14.2 Å². The van der Waals surface area contributed by atoms with Crippen LogP contribution in [0, 0.1) is 23.6 Å². The van der Waals surface area contributed by atoms with E-state index >= 15 is 0 Å². The van der Waals surface area contributed by atoms with Crippen LogP contribution in [0.4, 0.5) is 10.3 Å². The Bertz CT molecular complexity index is 1270. The number of nitrogens with zero attached hydrogens (tertiary/aromatic N) is 5. The van der Waals surface area contributed by atoms with Gasteiger partial charge in [0.25, 0.3) is 0 Å². The minimum absolute atomic E-state index is 0.0117. The maximum atomic E-state index is 14.7. The lowest BCUT2D eigenvalue weighted by Crippen LogP contribution is -2.48. The SMILES string of the molecule is CCOCCN1CC(n2cc(-c3nc(N)ncc3F)c3cc(C#CC(C)(O)C4CC4)ncc32)C1. The Balaban J connectivity index is 1.51. The number of rotatable bonds is 7. The van der Waals surface area contributed by atoms with Gasteiger partial charge in [0.05, 0.1) is 30.6 Å². The monoisotopic (exact) mass is 464 g/mol. The molecular formula is C25H29FN6O2. The molecule has 8 nitrogen and oxygen atoms in total. The standard InChI is InChI=1S/C25H29FN6O2/c1-3-34-9-8-31-13-18(14-31)32-15-20(23-21(26)11-29-24(27)30-23)19-10-17(28-12-22(19)32)6-7-25(2,33)16-4-5-16/h10-12,15-16,18,33H,3-5,8-9,13-14H2,1-2H3,(H2,27,29,30). The molecule has 2 aliphatic rings. The Hall–Kier alpha value is -3.06. The van der Waals surface area contributed by atoms with Gasteiger partial charge in [0.2, 0.25) is 5.95 Å². The van der Waals surface area contributed by atoms with Crippen LogP contribution in [0.5, 0.6) is 0 Å². The molecule has 178 valence electrons. The highest BCUT2D eigenvalue weighted by Gasteiger charge is 2.38. The molecule has 1 saturated carbocycles. The van der Waals surface area contributed by atoms with Crippen molar-refractivity contribution in [2.24, 2.45) is 5.92 Å². The van der Waals surface area contributed by atoms with E-state index in [1.54, 1.807) is 13.1 Å². The summed E-state index contributed by atoms with van der Waals surface area (Å²) in [6.45, 7) is 7.78. The van der Waals surface area contributed by atoms with E-state index in [4.69, 9.17) is 10.5 Å². The molecule has 0 radical (unpaired) electrons. The zero-order chi connectivity index (χ0) is 23.9. The van der Waals surface area contributed by atoms with E-state index in [9.17, 15) is 9.50 Å². The number of nitrogens with two attached hydrogens (primary N) is 1. The lowest BCUT2D eigenvalue weighted by atomic mass is 10.0. The lowest BCUT2D eigenvalue weighted by molar-refractivity contribution is 0.0579. The second kappa shape index (κ2) is 8.95. The largest absolute Gasteiger partial charge is 0.380 e. The summed E-state index contributed by atoms with van der Waals surface area (Å²) in [7, 11) is 0. The third-order valence-electron chi connectivity index (χ3n) is 6.64. The minimum atomic E-state index is -1.03. The Morgan fingerprint density at radius 3 is 2.82 bits per heavy atom. The van der Waals surface area contributed by atoms with E-state index in [1.807, 2.05) is 19.2 Å². The Morgan fingerprint density at radius 2 is 2.09 bits per heavy atom. The summed E-state index contributed by atoms with van der Waals surface area (Å²) in [6, 6.07) is 2.06. The maximum Gasteiger partial charge on any atom is 0.220 e. The van der Waals surface area contributed by atoms with E-state index < -0.39 is 11.4 Å². The molecule has 0 amide bonds. The fraction of sp³-hybridized carbons (Fsp3) is 0.480. The van der Waals surface area contributed by atoms with Crippen molar-refractivity contribution in [3.8, 4) is 23.1 Å². The summed E-state index contributed by atoms with van der Waals surface area (Å²) in [5.74, 6) is 5.66. The first kappa shape index (κ1) is 22.7. The van der Waals surface area contributed by atoms with Gasteiger partial charge in [0.15, 0.2) is 5.82 Å². The third-order valence-corrected chi connectivity index (χ3v) is 6.64. The first-order valence-corrected chi connectivity index (χ1v) is 11.7. The molecule has 3 aromatic heterocycles. The van der Waals surface area contributed by atoms with Gasteiger partial charge in [-0.2, -0.15) is 0 Å². The molecule has 1 atom stereocenters. The molecule has 0 aromatic carbocycles. The lowest BCUT2D eigenvalue weighted by Gasteiger charge is -2.40. The van der Waals surface area contributed by atoms with Gasteiger partial charge in [-0.1, -0.05) is 5.92 Å². The molecular weight excluding hydrogens is 435 g/mol. The number of ether oxygens (including phenoxy) is 1. The summed E-state index contributed by atoms with van der Waals surface area (Å²) >= 11 is 0. The van der Waals surface area contributed by atoms with Crippen molar-refractivity contribution in [1.29, 1.82) is 0 Å². The topological polar surface area (TPSA) is 102 Å². The van der Waals surface area contributed by atoms with Crippen LogP contribution >= 0.6 is 0 Å². The molecule has 0 bridgehead atoms. The number of fused-ring (bicyclic) bond motifs is 1. The molecule has 3 aromatic rings. The molecule has 1 aliphatic carbocycles. The number of aliphatic hydroxyl groups is 1. The molecule has 1 saturated heterocycles. The quantitative estimate of drug-likeness (QED) is 0.409. The fourth-order valence-corrected chi connectivity index (χ4v) is 4.45. The molecule has 0 spiro atoms. The smallest absolute Gasteiger partial charge is 0.220 e. The van der Waals surface area contributed by atoms with Crippen LogP contribution in [0.15, 0.2) is 24.7 Å². The van der Waals surface area contributed by atoms with Crippen LogP contribution in [-0.4, -0.2) is 68.0 Å². The summed E-state index contributed by atoms with van der Waals surface area (Å²) in [6.07, 6.45) is 6.74. The normalized spacial score (nSPS) is 18.4. The van der Waals surface area contributed by atoms with Crippen LogP contribution < -0.4 is 5.73 Å². The second-order valence-corrected chi connectivity index (χ2v) is 9.24. The number of halogens is 1. The van der Waals surface area contributed by atoms with Crippen molar-refractivity contribution in [2.75, 3.05) is 38.6 Å². The zero-order valence-electron chi connectivity index (χ0n) is 19.5. The first-order chi connectivity index (χ1) is 16.4. The van der Waals surface area contributed by atoms with Gasteiger partial charge >= 0.3 is 0 Å². The number of pyridine rings is 1. The fourth-order valence-electron chi connectivity index (χ4n) is 4.45. The van der Waals surface area contributed by atoms with Crippen LogP contribution in [-0.2, 0) is 4.74 Å². The zero-order valence-corrected chi connectivity index (χ0v) is 19.5. The predicted octanol–water partition coefficient (Wildman–Crippen LogP) is 2.62. The molecule has 1 unspecified atom stereocenters. The molecule has 5 rings (SSSR count). The van der Waals surface area contributed by atoms with Crippen LogP contribution in [0.3, 0.4) is 0 Å². The number of likely N-dealkylation sites (tertiary alicyclic amines) is 1. The number of hydrogen-bond acceptors (Lipinski definition) is 7. The van der Waals surface area contributed by atoms with E-state index in [1.165, 1.54) is 0 Å². The summed E-state index contributed by atoms with van der Waals surface area (Å²) in [5.41, 5.74) is 6.90. The molecule has 3 N–H and O–H groups in total. The van der Waals surface area contributed by atoms with Gasteiger partial charge < -0.3 is 20.1 Å². The molecule has 9 heteroatoms. The predicted molar refractivity (Wildman–Crippen MR) is 127 cm³/mol. The first-order valence-electron chi connectivity index (χ1n) is 11.7. The highest BCUT2D eigenvalue weighted by Crippen LogP contribution is 2.39. The summed E-state index contributed by atoms with van der Waals surface area (Å²) < 4.78 is 22.3. The third kappa shape index (κ3) is 4.49. The van der Waals surface area contributed by atoms with Crippen molar-refractivity contribution in [2.45, 2.75) is 38.3 Å². The number of hydrogen-bond donors (Lipinski definition) is 2. The number of nitrogen functional groups attached to an aromatic ring is 1. The van der Waals surface area contributed by atoms with Crippen molar-refractivity contribution in [3.05, 3.63) is 36.2 Å². The molecule has 2 fully saturated rings. The Labute approximate surface area is 198 Å². The Kier molecular flexibility index (Phi) is 5.98. The number of aromatic nitrogens is 4. The molecule has 34 heavy (non-hydrogen) atoms. The van der Waals surface area contributed by atoms with Gasteiger partial charge in [-0.3, -0.25) is 4.90 Å². The minimum Gasteiger partial charge on any atom is -0.380 e. The van der Waals surface area contributed by atoms with Gasteiger partial charge in [-0.25, -0.2) is 19.3 Å². The van der Waals surface area contributed by atoms with Gasteiger partial charge in [-0.05, 0) is 44.6 Å². The van der Waals surface area contributed by atoms with Gasteiger partial charge in [0, 0.05) is 43.4 Å². The average molecular weight is 465 g/mol. The van der Waals surface area contributed by atoms with E-state index in [0.29, 0.717) is 24.5 Å². The van der Waals surface area contributed by atoms with Gasteiger partial charge in [-0.15, -0.1) is 0 Å². The summed E-state index contributed by atoms with van der Waals surface area (Å²) in [5, 5.41) is 11.3. The van der Waals surface area contributed by atoms with E-state index in [-0.39, 0.29) is 23.6 Å². The average Bonchev–Trinajstić information content (AvgIpc) is 3.59. The second-order valence-electron chi connectivity index (χ2n) is 9.24. The van der Waals surface area contributed by atoms with E-state index in [0.717, 1.165) is 49.6 Å². The molecule has 1 aliphatic heterocycles. The van der Waals surface area contributed by atoms with Crippen LogP contribution in [0.25, 0.3) is 22.2 Å². The van der Waals surface area contributed by atoms with Crippen molar-refractivity contribution in [3.63, 3.8) is 0 Å². The number of anilines is 1. The van der Waals surface area contributed by atoms with Crippen LogP contribution in [0.2, 0.25) is 0 Å². The van der Waals surface area contributed by atoms with Crippen LogP contribution in [0.1, 0.15) is 38.4 Å². The van der Waals surface area contributed by atoms with Crippen molar-refractivity contribution in [1.82, 2.24) is 24.4 Å². The highest BCUT2D eigenvalue weighted by atomic mass is 19.1.